The average molecular weight is 367 g/mol. The van der Waals surface area contributed by atoms with Gasteiger partial charge >= 0.3 is 12.2 Å². The Kier molecular flexibility index (Phi) is 4.88. The first-order chi connectivity index (χ1) is 12.2. The summed E-state index contributed by atoms with van der Waals surface area (Å²) in [5, 5.41) is 2.71. The molecule has 3 rings (SSSR count). The summed E-state index contributed by atoms with van der Waals surface area (Å²) >= 11 is 0. The molecule has 0 aromatic carbocycles. The van der Waals surface area contributed by atoms with E-state index in [1.807, 2.05) is 13.0 Å². The summed E-state index contributed by atoms with van der Waals surface area (Å²) in [5.41, 5.74) is 0.137. The normalized spacial score (nSPS) is 16.9. The smallest absolute Gasteiger partial charge is 0.334 e. The maximum Gasteiger partial charge on any atom is 0.434 e. The van der Waals surface area contributed by atoms with E-state index in [1.54, 1.807) is 23.9 Å². The lowest BCUT2D eigenvalue weighted by Crippen LogP contribution is -2.38. The van der Waals surface area contributed by atoms with Crippen LogP contribution in [0, 0.1) is 12.8 Å². The van der Waals surface area contributed by atoms with Crippen LogP contribution in [0.1, 0.15) is 23.5 Å². The number of aromatic nitrogens is 3. The van der Waals surface area contributed by atoms with Crippen molar-refractivity contribution in [1.82, 2.24) is 19.4 Å². The lowest BCUT2D eigenvalue weighted by Gasteiger charge is -2.28. The number of nitrogens with one attached hydrogen (secondary N) is 1. The largest absolute Gasteiger partial charge is 0.434 e. The van der Waals surface area contributed by atoms with Gasteiger partial charge in [-0.3, -0.25) is 5.32 Å². The Labute approximate surface area is 149 Å². The Bertz CT molecular complexity index is 785. The topological polar surface area (TPSA) is 63.1 Å². The number of fused-ring (bicyclic) bond motifs is 1. The van der Waals surface area contributed by atoms with Crippen molar-refractivity contribution in [1.29, 1.82) is 0 Å². The molecule has 3 heterocycles. The highest BCUT2D eigenvalue weighted by atomic mass is 19.4. The van der Waals surface area contributed by atoms with Crippen molar-refractivity contribution in [3.8, 4) is 0 Å². The maximum atomic E-state index is 12.8. The van der Waals surface area contributed by atoms with Gasteiger partial charge in [-0.15, -0.1) is 0 Å². The van der Waals surface area contributed by atoms with E-state index >= 15 is 0 Å². The van der Waals surface area contributed by atoms with Crippen LogP contribution in [-0.4, -0.2) is 39.1 Å². The molecule has 6 nitrogen and oxygen atoms in total. The number of hydrogen-bond acceptors (Lipinski definition) is 3. The van der Waals surface area contributed by atoms with Gasteiger partial charge in [-0.1, -0.05) is 6.07 Å². The third-order valence-electron chi connectivity index (χ3n) is 4.41. The molecule has 0 saturated heterocycles. The molecule has 0 fully saturated rings. The summed E-state index contributed by atoms with van der Waals surface area (Å²) in [6.07, 6.45) is -0.560. The van der Waals surface area contributed by atoms with Crippen LogP contribution in [0.15, 0.2) is 24.5 Å². The number of carbonyl (C=O) groups excluding carboxylic acids is 1. The summed E-state index contributed by atoms with van der Waals surface area (Å²) < 4.78 is 39.9. The van der Waals surface area contributed by atoms with Gasteiger partial charge in [0.1, 0.15) is 11.6 Å². The van der Waals surface area contributed by atoms with Crippen molar-refractivity contribution < 1.29 is 18.0 Å². The van der Waals surface area contributed by atoms with Gasteiger partial charge in [-0.25, -0.2) is 14.8 Å². The van der Waals surface area contributed by atoms with Gasteiger partial charge in [0.15, 0.2) is 5.69 Å². The molecule has 0 saturated carbocycles. The predicted octanol–water partition coefficient (Wildman–Crippen LogP) is 3.33. The van der Waals surface area contributed by atoms with Gasteiger partial charge < -0.3 is 9.47 Å². The Morgan fingerprint density at radius 3 is 2.85 bits per heavy atom. The monoisotopic (exact) mass is 367 g/mol. The van der Waals surface area contributed by atoms with Crippen LogP contribution in [0.5, 0.6) is 0 Å². The third kappa shape index (κ3) is 4.14. The molecule has 1 unspecified atom stereocenters. The number of carbonyl (C=O) groups is 1. The first-order valence-electron chi connectivity index (χ1n) is 8.30. The third-order valence-corrected chi connectivity index (χ3v) is 4.41. The summed E-state index contributed by atoms with van der Waals surface area (Å²) in [6.45, 7) is 2.76. The number of pyridine rings is 1. The average Bonchev–Trinajstić information content (AvgIpc) is 3.00. The minimum Gasteiger partial charge on any atom is -0.334 e. The Balaban J connectivity index is 1.58. The summed E-state index contributed by atoms with van der Waals surface area (Å²) in [7, 11) is 1.66. The highest BCUT2D eigenvalue weighted by molar-refractivity contribution is 5.88. The second kappa shape index (κ2) is 6.97. The minimum absolute atomic E-state index is 0.0690. The molecule has 1 aliphatic heterocycles. The zero-order valence-electron chi connectivity index (χ0n) is 14.5. The second-order valence-corrected chi connectivity index (χ2v) is 6.63. The SMILES string of the molecule is Cc1ccc(NC(=O)N(C)CC2CCc3nc(C(F)(F)F)cn3C2)nc1. The van der Waals surface area contributed by atoms with E-state index in [4.69, 9.17) is 0 Å². The number of anilines is 1. The maximum absolute atomic E-state index is 12.8. The van der Waals surface area contributed by atoms with E-state index in [0.29, 0.717) is 37.6 Å². The molecule has 1 aliphatic rings. The number of urea groups is 1. The van der Waals surface area contributed by atoms with Crippen LogP contribution < -0.4 is 5.32 Å². The summed E-state index contributed by atoms with van der Waals surface area (Å²) in [4.78, 5) is 21.6. The number of aryl methyl sites for hydroxylation is 2. The van der Waals surface area contributed by atoms with Crippen molar-refractivity contribution in [2.45, 2.75) is 32.5 Å². The van der Waals surface area contributed by atoms with Crippen LogP contribution >= 0.6 is 0 Å². The number of imidazole rings is 1. The van der Waals surface area contributed by atoms with Crippen LogP contribution in [0.25, 0.3) is 0 Å². The van der Waals surface area contributed by atoms with Gasteiger partial charge in [-0.2, -0.15) is 13.2 Å². The number of nitrogens with zero attached hydrogens (tertiary/aromatic N) is 4. The predicted molar refractivity (Wildman–Crippen MR) is 89.7 cm³/mol. The van der Waals surface area contributed by atoms with Crippen molar-refractivity contribution >= 4 is 11.8 Å². The molecule has 0 radical (unpaired) electrons. The molecule has 0 bridgehead atoms. The molecular formula is C17H20F3N5O. The molecule has 140 valence electrons. The van der Waals surface area contributed by atoms with Gasteiger partial charge in [0, 0.05) is 39.0 Å². The molecule has 0 spiro atoms. The van der Waals surface area contributed by atoms with Crippen molar-refractivity contribution in [2.24, 2.45) is 5.92 Å². The highest BCUT2D eigenvalue weighted by Crippen LogP contribution is 2.30. The number of amides is 2. The second-order valence-electron chi connectivity index (χ2n) is 6.63. The van der Waals surface area contributed by atoms with Crippen LogP contribution in [0.3, 0.4) is 0 Å². The van der Waals surface area contributed by atoms with Gasteiger partial charge in [0.05, 0.1) is 0 Å². The zero-order valence-corrected chi connectivity index (χ0v) is 14.5. The standard InChI is InChI=1S/C17H20F3N5O/c1-11-3-5-14(21-7-11)23-16(26)24(2)8-12-4-6-15-22-13(17(18,19)20)10-25(15)9-12/h3,5,7,10,12H,4,6,8-9H2,1-2H3,(H,21,23,26). The van der Waals surface area contributed by atoms with Gasteiger partial charge in [0.2, 0.25) is 0 Å². The fourth-order valence-electron chi connectivity index (χ4n) is 3.02. The summed E-state index contributed by atoms with van der Waals surface area (Å²) in [6, 6.07) is 3.27. The number of hydrogen-bond donors (Lipinski definition) is 1. The quantitative estimate of drug-likeness (QED) is 0.905. The molecule has 2 aromatic rings. The van der Waals surface area contributed by atoms with Crippen molar-refractivity contribution in [2.75, 3.05) is 18.9 Å². The Morgan fingerprint density at radius 2 is 2.19 bits per heavy atom. The van der Waals surface area contributed by atoms with Crippen LogP contribution in [0.2, 0.25) is 0 Å². The molecule has 26 heavy (non-hydrogen) atoms. The van der Waals surface area contributed by atoms with E-state index in [2.05, 4.69) is 15.3 Å². The van der Waals surface area contributed by atoms with E-state index < -0.39 is 11.9 Å². The molecule has 1 N–H and O–H groups in total. The first kappa shape index (κ1) is 18.2. The Morgan fingerprint density at radius 1 is 1.42 bits per heavy atom. The van der Waals surface area contributed by atoms with E-state index in [9.17, 15) is 18.0 Å². The highest BCUT2D eigenvalue weighted by Gasteiger charge is 2.36. The van der Waals surface area contributed by atoms with Crippen molar-refractivity contribution in [3.05, 3.63) is 41.6 Å². The minimum atomic E-state index is -4.43. The lowest BCUT2D eigenvalue weighted by atomic mass is 9.99. The number of alkyl halides is 3. The van der Waals surface area contributed by atoms with Crippen LogP contribution in [0.4, 0.5) is 23.8 Å². The molecular weight excluding hydrogens is 347 g/mol. The zero-order chi connectivity index (χ0) is 18.9. The van der Waals surface area contributed by atoms with E-state index in [1.165, 1.54) is 4.90 Å². The van der Waals surface area contributed by atoms with Gasteiger partial charge in [-0.05, 0) is 30.9 Å². The van der Waals surface area contributed by atoms with Crippen LogP contribution in [-0.2, 0) is 19.1 Å². The fraction of sp³-hybridized carbons (Fsp3) is 0.471. The van der Waals surface area contributed by atoms with Crippen molar-refractivity contribution in [3.63, 3.8) is 0 Å². The molecule has 0 aliphatic carbocycles. The van der Waals surface area contributed by atoms with E-state index in [0.717, 1.165) is 11.8 Å². The Hall–Kier alpha value is -2.58. The summed E-state index contributed by atoms with van der Waals surface area (Å²) in [5.74, 6) is 0.979. The lowest BCUT2D eigenvalue weighted by molar-refractivity contribution is -0.141. The number of halogens is 3. The molecule has 2 aromatic heterocycles. The molecule has 9 heteroatoms. The number of rotatable bonds is 3. The molecule has 1 atom stereocenters. The first-order valence-corrected chi connectivity index (χ1v) is 8.30. The van der Waals surface area contributed by atoms with E-state index in [-0.39, 0.29) is 11.9 Å². The van der Waals surface area contributed by atoms with Gasteiger partial charge in [0.25, 0.3) is 0 Å². The molecule has 2 amide bonds. The fourth-order valence-corrected chi connectivity index (χ4v) is 3.02.